The molecular formula is C71H120N2O6P+. The van der Waals surface area contributed by atoms with Crippen molar-refractivity contribution >= 4 is 13.7 Å². The summed E-state index contributed by atoms with van der Waals surface area (Å²) in [6.07, 6.45) is 93.7. The zero-order valence-electron chi connectivity index (χ0n) is 51.8. The molecule has 8 nitrogen and oxygen atoms in total. The van der Waals surface area contributed by atoms with Crippen LogP contribution < -0.4 is 5.32 Å². The molecule has 1 amide bonds. The van der Waals surface area contributed by atoms with Crippen molar-refractivity contribution in [2.75, 3.05) is 40.9 Å². The molecule has 3 N–H and O–H groups in total. The van der Waals surface area contributed by atoms with E-state index < -0.39 is 20.0 Å². The second-order valence-electron chi connectivity index (χ2n) is 22.0. The number of nitrogens with one attached hydrogen (secondary N) is 1. The van der Waals surface area contributed by atoms with Crippen LogP contribution in [0.2, 0.25) is 0 Å². The average molecular weight is 1130 g/mol. The Kier molecular flexibility index (Phi) is 56.8. The summed E-state index contributed by atoms with van der Waals surface area (Å²) in [5, 5.41) is 13.9. The fraction of sp³-hybridized carbons (Fsp3) is 0.620. The molecule has 0 aromatic heterocycles. The summed E-state index contributed by atoms with van der Waals surface area (Å²) < 4.78 is 23.7. The summed E-state index contributed by atoms with van der Waals surface area (Å²) in [4.78, 5) is 23.3. The third kappa shape index (κ3) is 61.7. The first-order valence-corrected chi connectivity index (χ1v) is 33.4. The summed E-state index contributed by atoms with van der Waals surface area (Å²) in [7, 11) is 1.49. The van der Waals surface area contributed by atoms with Gasteiger partial charge in [0, 0.05) is 6.42 Å². The van der Waals surface area contributed by atoms with E-state index in [0.717, 1.165) is 103 Å². The number of phosphoric acid groups is 1. The number of aliphatic hydroxyl groups excluding tert-OH is 1. The number of carbonyl (C=O) groups excluding carboxylic acids is 1. The first kappa shape index (κ1) is 76.1. The zero-order chi connectivity index (χ0) is 58.4. The Morgan fingerprint density at radius 1 is 0.438 bits per heavy atom. The number of hydrogen-bond donors (Lipinski definition) is 3. The van der Waals surface area contributed by atoms with Crippen LogP contribution in [0.15, 0.2) is 158 Å². The van der Waals surface area contributed by atoms with Crippen molar-refractivity contribution in [1.82, 2.24) is 5.32 Å². The van der Waals surface area contributed by atoms with Gasteiger partial charge in [0.15, 0.2) is 0 Å². The predicted molar refractivity (Wildman–Crippen MR) is 350 cm³/mol. The smallest absolute Gasteiger partial charge is 0.387 e. The Balaban J connectivity index is 4.37. The van der Waals surface area contributed by atoms with Gasteiger partial charge in [-0.05, 0) is 122 Å². The van der Waals surface area contributed by atoms with Crippen LogP contribution in [-0.2, 0) is 18.4 Å². The largest absolute Gasteiger partial charge is 0.472 e. The maximum absolute atomic E-state index is 13.0. The van der Waals surface area contributed by atoms with Gasteiger partial charge in [-0.2, -0.15) is 0 Å². The summed E-state index contributed by atoms with van der Waals surface area (Å²) in [6, 6.07) is -0.907. The molecule has 3 unspecified atom stereocenters. The lowest BCUT2D eigenvalue weighted by molar-refractivity contribution is -0.870. The number of hydrogen-bond acceptors (Lipinski definition) is 5. The molecule has 0 aromatic rings. The van der Waals surface area contributed by atoms with Crippen molar-refractivity contribution in [3.05, 3.63) is 158 Å². The quantitative estimate of drug-likeness (QED) is 0.0243. The maximum Gasteiger partial charge on any atom is 0.472 e. The summed E-state index contributed by atoms with van der Waals surface area (Å²) >= 11 is 0. The Morgan fingerprint density at radius 3 is 1.15 bits per heavy atom. The molecule has 0 saturated carbocycles. The Labute approximate surface area is 492 Å². The molecule has 0 rings (SSSR count). The molecule has 0 saturated heterocycles. The number of phosphoric ester groups is 1. The van der Waals surface area contributed by atoms with Gasteiger partial charge in [-0.25, -0.2) is 4.57 Å². The Hall–Kier alpha value is -3.88. The summed E-state index contributed by atoms with van der Waals surface area (Å²) in [5.74, 6) is -0.239. The third-order valence-corrected chi connectivity index (χ3v) is 14.2. The minimum absolute atomic E-state index is 0.0357. The number of quaternary nitrogens is 1. The highest BCUT2D eigenvalue weighted by molar-refractivity contribution is 7.47. The highest BCUT2D eigenvalue weighted by Crippen LogP contribution is 2.43. The minimum Gasteiger partial charge on any atom is -0.387 e. The Morgan fingerprint density at radius 2 is 0.762 bits per heavy atom. The van der Waals surface area contributed by atoms with E-state index in [-0.39, 0.29) is 25.5 Å². The lowest BCUT2D eigenvalue weighted by Gasteiger charge is -2.25. The van der Waals surface area contributed by atoms with Gasteiger partial charge in [-0.15, -0.1) is 0 Å². The molecule has 80 heavy (non-hydrogen) atoms. The predicted octanol–water partition coefficient (Wildman–Crippen LogP) is 20.2. The topological polar surface area (TPSA) is 105 Å². The second kappa shape index (κ2) is 59.7. The van der Waals surface area contributed by atoms with E-state index in [1.54, 1.807) is 6.08 Å². The molecule has 0 fully saturated rings. The maximum atomic E-state index is 13.0. The Bertz CT molecular complexity index is 1860. The second-order valence-corrected chi connectivity index (χ2v) is 23.5. The van der Waals surface area contributed by atoms with E-state index >= 15 is 0 Å². The van der Waals surface area contributed by atoms with Gasteiger partial charge in [0.2, 0.25) is 5.91 Å². The SMILES string of the molecule is CC/C=C\C/C=C\C/C=C\C/C=C\C/C=C\C/C=C\C/C=C\C/C=C\C/C=C\C/C=C\CCCCC(=O)NC(COP(=O)(O)OCC[N+](C)(C)C)C(O)/C=C/CC/C=C/CC/C=C/CCCCCCCCCCCCCCCCC. The first-order valence-electron chi connectivity index (χ1n) is 31.9. The van der Waals surface area contributed by atoms with Crippen molar-refractivity contribution in [3.8, 4) is 0 Å². The molecule has 0 bridgehead atoms. The number of amides is 1. The molecule has 3 atom stereocenters. The average Bonchev–Trinajstić information content (AvgIpc) is 3.42. The number of likely N-dealkylation sites (N-methyl/N-ethyl adjacent to an activating group) is 1. The molecule has 0 aliphatic carbocycles. The van der Waals surface area contributed by atoms with Crippen LogP contribution in [0, 0.1) is 0 Å². The van der Waals surface area contributed by atoms with Crippen LogP contribution in [0.1, 0.15) is 232 Å². The van der Waals surface area contributed by atoms with Gasteiger partial charge in [0.25, 0.3) is 0 Å². The van der Waals surface area contributed by atoms with Crippen molar-refractivity contribution in [2.45, 2.75) is 244 Å². The van der Waals surface area contributed by atoms with Crippen LogP contribution in [0.4, 0.5) is 0 Å². The van der Waals surface area contributed by atoms with Crippen molar-refractivity contribution in [2.24, 2.45) is 0 Å². The first-order chi connectivity index (χ1) is 39.0. The van der Waals surface area contributed by atoms with E-state index in [9.17, 15) is 19.4 Å². The van der Waals surface area contributed by atoms with E-state index in [1.165, 1.54) is 103 Å². The molecule has 0 aromatic carbocycles. The minimum atomic E-state index is -4.39. The van der Waals surface area contributed by atoms with Gasteiger partial charge in [0.1, 0.15) is 13.2 Å². The van der Waals surface area contributed by atoms with E-state index in [2.05, 4.69) is 165 Å². The molecule has 454 valence electrons. The molecule has 0 heterocycles. The highest BCUT2D eigenvalue weighted by atomic mass is 31.2. The monoisotopic (exact) mass is 1130 g/mol. The third-order valence-electron chi connectivity index (χ3n) is 13.2. The van der Waals surface area contributed by atoms with Gasteiger partial charge in [-0.1, -0.05) is 262 Å². The lowest BCUT2D eigenvalue weighted by atomic mass is 10.0. The lowest BCUT2D eigenvalue weighted by Crippen LogP contribution is -2.45. The molecular weight excluding hydrogens is 1010 g/mol. The number of aliphatic hydroxyl groups is 1. The number of nitrogens with zero attached hydrogens (tertiary/aromatic N) is 1. The van der Waals surface area contributed by atoms with Crippen LogP contribution in [0.25, 0.3) is 0 Å². The van der Waals surface area contributed by atoms with Crippen LogP contribution >= 0.6 is 7.82 Å². The van der Waals surface area contributed by atoms with Crippen molar-refractivity contribution in [3.63, 3.8) is 0 Å². The van der Waals surface area contributed by atoms with E-state index in [1.807, 2.05) is 27.2 Å². The van der Waals surface area contributed by atoms with E-state index in [4.69, 9.17) is 9.05 Å². The van der Waals surface area contributed by atoms with Crippen LogP contribution in [-0.4, -0.2) is 73.4 Å². The highest BCUT2D eigenvalue weighted by Gasteiger charge is 2.27. The fourth-order valence-corrected chi connectivity index (χ4v) is 9.01. The molecule has 0 spiro atoms. The number of allylic oxidation sites excluding steroid dienone is 25. The summed E-state index contributed by atoms with van der Waals surface area (Å²) in [5.41, 5.74) is 0. The summed E-state index contributed by atoms with van der Waals surface area (Å²) in [6.45, 7) is 4.63. The van der Waals surface area contributed by atoms with Gasteiger partial charge >= 0.3 is 7.82 Å². The normalized spacial score (nSPS) is 14.8. The molecule has 0 radical (unpaired) electrons. The standard InChI is InChI=1S/C71H119N2O6P/c1-6-8-10-12-14-16-18-20-22-24-26-28-30-32-33-34-35-36-37-38-39-41-43-45-47-49-51-53-55-57-59-61-63-65-71(75)72-69(68-79-80(76,77)78-67-66-73(3,4)5)70(74)64-62-60-58-56-54-52-50-48-46-44-42-40-31-29-27-25-23-21-19-17-15-13-11-9-7-2/h8,10,14,16,20,22,26,28,32-33,35-36,38-39,43,45-46,48-49,51,54-57,62,64,69-70,74H,6-7,9,11-13,15,17-19,21,23-25,27,29-31,34,37,40-42,44,47,50,52-53,58-61,63,65-68H2,1-5H3,(H-,72,75,76,77)/p+1/b10-8-,16-14-,22-20-,28-26-,33-32-,36-35-,39-38-,45-43-,48-46+,51-49-,56-54+,57-55-,64-62+. The van der Waals surface area contributed by atoms with E-state index in [0.29, 0.717) is 17.4 Å². The number of carbonyl (C=O) groups is 1. The van der Waals surface area contributed by atoms with Crippen LogP contribution in [0.3, 0.4) is 0 Å². The van der Waals surface area contributed by atoms with Crippen molar-refractivity contribution in [1.29, 1.82) is 0 Å². The number of rotatable bonds is 56. The zero-order valence-corrected chi connectivity index (χ0v) is 52.6. The van der Waals surface area contributed by atoms with Gasteiger partial charge in [-0.3, -0.25) is 13.8 Å². The fourth-order valence-electron chi connectivity index (χ4n) is 8.28. The van der Waals surface area contributed by atoms with Gasteiger partial charge in [0.05, 0.1) is 39.9 Å². The van der Waals surface area contributed by atoms with Gasteiger partial charge < -0.3 is 19.8 Å². The molecule has 9 heteroatoms. The van der Waals surface area contributed by atoms with Crippen LogP contribution in [0.5, 0.6) is 0 Å². The van der Waals surface area contributed by atoms with Crippen molar-refractivity contribution < 1.29 is 32.9 Å². The molecule has 0 aliphatic heterocycles. The number of unbranched alkanes of at least 4 members (excludes halogenated alkanes) is 19. The molecule has 0 aliphatic rings.